The average molecular weight is 585 g/mol. The molecule has 0 N–H and O–H groups in total. The van der Waals surface area contributed by atoms with Gasteiger partial charge < -0.3 is 28.3 Å². The van der Waals surface area contributed by atoms with E-state index in [1.54, 1.807) is 11.5 Å². The third-order valence-corrected chi connectivity index (χ3v) is 6.92. The molecule has 1 aliphatic heterocycles. The van der Waals surface area contributed by atoms with Crippen molar-refractivity contribution in [3.63, 3.8) is 0 Å². The van der Waals surface area contributed by atoms with Crippen LogP contribution in [0.25, 0.3) is 11.3 Å². The first kappa shape index (κ1) is 31.4. The van der Waals surface area contributed by atoms with Crippen LogP contribution in [0.1, 0.15) is 57.5 Å². The molecule has 1 saturated heterocycles. The van der Waals surface area contributed by atoms with Gasteiger partial charge in [0.05, 0.1) is 11.3 Å². The largest absolute Gasteiger partial charge is 0.463 e. The third kappa shape index (κ3) is 6.99. The predicted molar refractivity (Wildman–Crippen MR) is 147 cm³/mol. The van der Waals surface area contributed by atoms with E-state index in [0.29, 0.717) is 17.7 Å². The molecule has 1 aromatic carbocycles. The number of nitriles is 1. The molecule has 1 aromatic heterocycles. The smallest absolute Gasteiger partial charge is 0.303 e. The Hall–Kier alpha value is -4.08. The molecule has 41 heavy (non-hydrogen) atoms. The molecule has 0 amide bonds. The van der Waals surface area contributed by atoms with Crippen molar-refractivity contribution in [1.82, 2.24) is 4.57 Å². The van der Waals surface area contributed by atoms with Crippen LogP contribution >= 0.6 is 12.2 Å². The first-order chi connectivity index (χ1) is 19.4. The Morgan fingerprint density at radius 3 is 2.00 bits per heavy atom. The van der Waals surface area contributed by atoms with Crippen LogP contribution in [0.2, 0.25) is 0 Å². The van der Waals surface area contributed by atoms with Crippen molar-refractivity contribution in [3.8, 4) is 17.3 Å². The molecule has 3 rings (SSSR count). The average Bonchev–Trinajstić information content (AvgIpc) is 2.90. The van der Waals surface area contributed by atoms with Gasteiger partial charge in [0, 0.05) is 27.7 Å². The highest BCUT2D eigenvalue weighted by Crippen LogP contribution is 2.40. The van der Waals surface area contributed by atoms with Crippen LogP contribution < -0.4 is 0 Å². The molecule has 1 aliphatic rings. The van der Waals surface area contributed by atoms with E-state index in [4.69, 9.17) is 35.9 Å². The molecule has 0 radical (unpaired) electrons. The summed E-state index contributed by atoms with van der Waals surface area (Å²) < 4.78 is 30.0. The van der Waals surface area contributed by atoms with E-state index in [2.05, 4.69) is 6.07 Å². The van der Waals surface area contributed by atoms with Crippen molar-refractivity contribution in [2.24, 2.45) is 0 Å². The van der Waals surface area contributed by atoms with Gasteiger partial charge in [0.15, 0.2) is 24.5 Å². The molecule has 2 heterocycles. The summed E-state index contributed by atoms with van der Waals surface area (Å²) in [5.41, 5.74) is 3.01. The van der Waals surface area contributed by atoms with Crippen molar-refractivity contribution in [2.45, 2.75) is 78.6 Å². The monoisotopic (exact) mass is 584 g/mol. The number of carbonyl (C=O) groups excluding carboxylic acids is 4. The third-order valence-electron chi connectivity index (χ3n) is 6.52. The molecule has 2 aromatic rings. The summed E-state index contributed by atoms with van der Waals surface area (Å²) in [6.45, 7) is 8.00. The fraction of sp³-hybridized carbons (Fsp3) is 0.448. The Labute approximate surface area is 242 Å². The van der Waals surface area contributed by atoms with Crippen LogP contribution in [0.4, 0.5) is 0 Å². The van der Waals surface area contributed by atoms with Gasteiger partial charge in [-0.1, -0.05) is 49.5 Å². The van der Waals surface area contributed by atoms with Gasteiger partial charge in [0.25, 0.3) is 0 Å². The summed E-state index contributed by atoms with van der Waals surface area (Å²) in [6.07, 6.45) is -6.06. The molecule has 0 bridgehead atoms. The molecule has 5 atom stereocenters. The van der Waals surface area contributed by atoms with E-state index in [1.807, 2.05) is 37.3 Å². The Morgan fingerprint density at radius 2 is 1.49 bits per heavy atom. The summed E-state index contributed by atoms with van der Waals surface area (Å²) >= 11 is 5.83. The van der Waals surface area contributed by atoms with Gasteiger partial charge in [-0.25, -0.2) is 0 Å². The number of carbonyl (C=O) groups is 4. The lowest BCUT2D eigenvalue weighted by Gasteiger charge is -2.45. The van der Waals surface area contributed by atoms with Crippen LogP contribution in [-0.2, 0) is 49.3 Å². The van der Waals surface area contributed by atoms with Gasteiger partial charge in [-0.3, -0.25) is 19.2 Å². The van der Waals surface area contributed by atoms with Gasteiger partial charge in [0.1, 0.15) is 23.4 Å². The number of nitrogens with zero attached hydrogens (tertiary/aromatic N) is 2. The molecule has 0 unspecified atom stereocenters. The molecule has 11 nitrogen and oxygen atoms in total. The normalized spacial score (nSPS) is 21.7. The molecule has 0 spiro atoms. The zero-order valence-electron chi connectivity index (χ0n) is 23.7. The number of ether oxygens (including phenoxy) is 5. The second-order valence-electron chi connectivity index (χ2n) is 9.42. The van der Waals surface area contributed by atoms with E-state index in [0.717, 1.165) is 25.0 Å². The van der Waals surface area contributed by atoms with Crippen LogP contribution in [0.5, 0.6) is 0 Å². The number of aromatic nitrogens is 1. The lowest BCUT2D eigenvalue weighted by molar-refractivity contribution is -0.268. The van der Waals surface area contributed by atoms with Gasteiger partial charge >= 0.3 is 23.9 Å². The minimum Gasteiger partial charge on any atom is -0.463 e. The minimum absolute atomic E-state index is 0.0851. The molecule has 0 aliphatic carbocycles. The quantitative estimate of drug-likeness (QED) is 0.253. The van der Waals surface area contributed by atoms with E-state index in [9.17, 15) is 24.4 Å². The summed E-state index contributed by atoms with van der Waals surface area (Å²) in [7, 11) is 0. The SMILES string of the molecule is CCc1c(C)c(C#N)c(=S)n([C@@H]2O[C@@H](COC(C)=O)[C@@H](OC(C)=O)[C@@H](OC(C)=O)[C@@H]2OC(C)=O)c1-c1ccccc1. The van der Waals surface area contributed by atoms with Crippen LogP contribution in [0.15, 0.2) is 30.3 Å². The highest BCUT2D eigenvalue weighted by molar-refractivity contribution is 7.71. The van der Waals surface area contributed by atoms with E-state index >= 15 is 0 Å². The van der Waals surface area contributed by atoms with Crippen molar-refractivity contribution >= 4 is 36.1 Å². The van der Waals surface area contributed by atoms with Crippen molar-refractivity contribution in [2.75, 3.05) is 6.61 Å². The highest BCUT2D eigenvalue weighted by atomic mass is 32.1. The number of pyridine rings is 1. The van der Waals surface area contributed by atoms with E-state index in [1.165, 1.54) is 13.8 Å². The summed E-state index contributed by atoms with van der Waals surface area (Å²) in [5.74, 6) is -2.86. The Morgan fingerprint density at radius 1 is 0.927 bits per heavy atom. The first-order valence-electron chi connectivity index (χ1n) is 12.9. The topological polar surface area (TPSA) is 143 Å². The highest BCUT2D eigenvalue weighted by Gasteiger charge is 2.53. The molecule has 0 saturated carbocycles. The molecule has 12 heteroatoms. The lowest BCUT2D eigenvalue weighted by atomic mass is 9.93. The van der Waals surface area contributed by atoms with Crippen LogP contribution in [0.3, 0.4) is 0 Å². The Kier molecular flexibility index (Phi) is 10.4. The summed E-state index contributed by atoms with van der Waals surface area (Å²) in [5, 5.41) is 10.1. The van der Waals surface area contributed by atoms with E-state index in [-0.39, 0.29) is 16.8 Å². The minimum atomic E-state index is -1.39. The number of esters is 4. The number of rotatable bonds is 8. The maximum Gasteiger partial charge on any atom is 0.303 e. The summed E-state index contributed by atoms with van der Waals surface area (Å²) in [4.78, 5) is 48.5. The Bertz CT molecular complexity index is 1430. The number of hydrogen-bond acceptors (Lipinski definition) is 11. The predicted octanol–water partition coefficient (Wildman–Crippen LogP) is 3.88. The zero-order chi connectivity index (χ0) is 30.4. The van der Waals surface area contributed by atoms with Crippen LogP contribution in [-0.4, -0.2) is 59.5 Å². The zero-order valence-corrected chi connectivity index (χ0v) is 24.5. The number of benzene rings is 1. The van der Waals surface area contributed by atoms with Crippen LogP contribution in [0, 0.1) is 22.9 Å². The summed E-state index contributed by atoms with van der Waals surface area (Å²) in [6, 6.07) is 11.4. The maximum atomic E-state index is 12.4. The van der Waals surface area contributed by atoms with Crippen molar-refractivity contribution in [3.05, 3.63) is 51.7 Å². The first-order valence-corrected chi connectivity index (χ1v) is 13.4. The Balaban J connectivity index is 2.42. The molecule has 218 valence electrons. The number of hydrogen-bond donors (Lipinski definition) is 0. The maximum absolute atomic E-state index is 12.4. The second-order valence-corrected chi connectivity index (χ2v) is 9.81. The van der Waals surface area contributed by atoms with Gasteiger partial charge in [-0.05, 0) is 30.0 Å². The van der Waals surface area contributed by atoms with Gasteiger partial charge in [-0.15, -0.1) is 0 Å². The fourth-order valence-corrected chi connectivity index (χ4v) is 5.38. The second kappa shape index (κ2) is 13.5. The van der Waals surface area contributed by atoms with E-state index < -0.39 is 54.5 Å². The fourth-order valence-electron chi connectivity index (χ4n) is 4.99. The standard InChI is InChI=1S/C29H32N2O9S/c1-7-21-15(2)22(13-30)29(41)31(24(21)20-11-9-8-10-12-20)28-27(39-19(6)35)26(38-18(5)34)25(37-17(4)33)23(40-28)14-36-16(3)32/h8-12,23,25-28H,7,14H2,1-6H3/t23-,25+,26+,27-,28+/m0/s1. The molecule has 1 fully saturated rings. The molecular formula is C29H32N2O9S. The lowest BCUT2D eigenvalue weighted by Crippen LogP contribution is -2.60. The van der Waals surface area contributed by atoms with Crippen molar-refractivity contribution < 1.29 is 42.9 Å². The van der Waals surface area contributed by atoms with Crippen molar-refractivity contribution in [1.29, 1.82) is 5.26 Å². The molecular weight excluding hydrogens is 552 g/mol. The van der Waals surface area contributed by atoms with Gasteiger partial charge in [-0.2, -0.15) is 5.26 Å². The van der Waals surface area contributed by atoms with Gasteiger partial charge in [0.2, 0.25) is 0 Å².